The van der Waals surface area contributed by atoms with Crippen LogP contribution >= 0.6 is 11.6 Å². The van der Waals surface area contributed by atoms with E-state index in [4.69, 9.17) is 11.6 Å². The van der Waals surface area contributed by atoms with Gasteiger partial charge in [-0.2, -0.15) is 0 Å². The van der Waals surface area contributed by atoms with Crippen LogP contribution in [0, 0.1) is 0 Å². The van der Waals surface area contributed by atoms with Gasteiger partial charge < -0.3 is 4.90 Å². The summed E-state index contributed by atoms with van der Waals surface area (Å²) in [6, 6.07) is 17.0. The van der Waals surface area contributed by atoms with Gasteiger partial charge in [0, 0.05) is 36.4 Å². The largest absolute Gasteiger partial charge is 0.342 e. The molecule has 1 saturated heterocycles. The number of benzene rings is 2. The molecule has 3 heteroatoms. The van der Waals surface area contributed by atoms with Gasteiger partial charge in [-0.3, -0.25) is 4.79 Å². The maximum absolute atomic E-state index is 12.2. The molecule has 22 heavy (non-hydrogen) atoms. The molecule has 0 spiro atoms. The van der Waals surface area contributed by atoms with Crippen molar-refractivity contribution in [3.8, 4) is 0 Å². The molecule has 3 atom stereocenters. The number of halogens is 1. The van der Waals surface area contributed by atoms with Crippen LogP contribution in [0.3, 0.4) is 0 Å². The number of likely N-dealkylation sites (tertiary alicyclic amines) is 1. The predicted molar refractivity (Wildman–Crippen MR) is 88.3 cm³/mol. The Morgan fingerprint density at radius 2 is 1.86 bits per heavy atom. The van der Waals surface area contributed by atoms with Crippen LogP contribution in [0.5, 0.6) is 0 Å². The van der Waals surface area contributed by atoms with E-state index in [1.807, 2.05) is 24.1 Å². The molecule has 2 aliphatic rings. The third-order valence-electron chi connectivity index (χ3n) is 5.25. The van der Waals surface area contributed by atoms with Crippen LogP contribution in [0.1, 0.15) is 41.4 Å². The summed E-state index contributed by atoms with van der Waals surface area (Å²) in [5.74, 6) is 0.908. The van der Waals surface area contributed by atoms with Crippen molar-refractivity contribution < 1.29 is 4.79 Å². The van der Waals surface area contributed by atoms with Crippen molar-refractivity contribution in [2.24, 2.45) is 0 Å². The summed E-state index contributed by atoms with van der Waals surface area (Å²) in [5, 5.41) is 0.771. The second-order valence-electron chi connectivity index (χ2n) is 6.35. The van der Waals surface area contributed by atoms with Crippen LogP contribution in [0.2, 0.25) is 5.02 Å². The van der Waals surface area contributed by atoms with Gasteiger partial charge in [0.15, 0.2) is 0 Å². The van der Waals surface area contributed by atoms with Gasteiger partial charge in [0.25, 0.3) is 0 Å². The van der Waals surface area contributed by atoms with Gasteiger partial charge in [0.05, 0.1) is 0 Å². The van der Waals surface area contributed by atoms with E-state index >= 15 is 0 Å². The van der Waals surface area contributed by atoms with E-state index in [9.17, 15) is 4.79 Å². The Labute approximate surface area is 135 Å². The van der Waals surface area contributed by atoms with Gasteiger partial charge in [0.1, 0.15) is 0 Å². The van der Waals surface area contributed by atoms with Gasteiger partial charge >= 0.3 is 0 Å². The number of fused-ring (bicyclic) bond motifs is 3. The van der Waals surface area contributed by atoms with E-state index in [1.165, 1.54) is 16.7 Å². The molecule has 1 amide bonds. The van der Waals surface area contributed by atoms with Crippen LogP contribution < -0.4 is 0 Å². The highest BCUT2D eigenvalue weighted by Crippen LogP contribution is 2.48. The van der Waals surface area contributed by atoms with E-state index in [1.54, 1.807) is 0 Å². The monoisotopic (exact) mass is 311 g/mol. The molecule has 4 rings (SSSR count). The molecule has 1 aliphatic heterocycles. The van der Waals surface area contributed by atoms with Crippen LogP contribution in [0.15, 0.2) is 48.5 Å². The number of amides is 1. The SMILES string of the molecule is CN1C(=O)CC2c3ccccc3C(c3cccc(Cl)c3)C[C@@H]21. The molecule has 2 aromatic carbocycles. The van der Waals surface area contributed by atoms with Gasteiger partial charge in [-0.25, -0.2) is 0 Å². The summed E-state index contributed by atoms with van der Waals surface area (Å²) in [6.07, 6.45) is 1.62. The van der Waals surface area contributed by atoms with E-state index in [2.05, 4.69) is 36.4 Å². The highest BCUT2D eigenvalue weighted by atomic mass is 35.5. The lowest BCUT2D eigenvalue weighted by atomic mass is 9.71. The Morgan fingerprint density at radius 1 is 1.09 bits per heavy atom. The van der Waals surface area contributed by atoms with E-state index in [-0.39, 0.29) is 5.91 Å². The van der Waals surface area contributed by atoms with Crippen LogP contribution in [-0.2, 0) is 4.79 Å². The topological polar surface area (TPSA) is 20.3 Å². The minimum Gasteiger partial charge on any atom is -0.342 e. The number of hydrogen-bond acceptors (Lipinski definition) is 1. The summed E-state index contributed by atoms with van der Waals surface area (Å²) < 4.78 is 0. The molecule has 1 heterocycles. The van der Waals surface area contributed by atoms with Gasteiger partial charge in [-0.1, -0.05) is 48.0 Å². The van der Waals surface area contributed by atoms with Gasteiger partial charge in [-0.15, -0.1) is 0 Å². The Morgan fingerprint density at radius 3 is 2.64 bits per heavy atom. The van der Waals surface area contributed by atoms with Crippen LogP contribution in [-0.4, -0.2) is 23.9 Å². The first-order valence-electron chi connectivity index (χ1n) is 7.75. The normalized spacial score (nSPS) is 26.7. The number of carbonyl (C=O) groups excluding carboxylic acids is 1. The highest BCUT2D eigenvalue weighted by molar-refractivity contribution is 6.30. The first kappa shape index (κ1) is 13.8. The van der Waals surface area contributed by atoms with Crippen molar-refractivity contribution in [2.45, 2.75) is 30.7 Å². The summed E-state index contributed by atoms with van der Waals surface area (Å²) >= 11 is 6.19. The lowest BCUT2D eigenvalue weighted by Gasteiger charge is -2.36. The van der Waals surface area contributed by atoms with Crippen molar-refractivity contribution in [1.29, 1.82) is 0 Å². The third-order valence-corrected chi connectivity index (χ3v) is 5.48. The Kier molecular flexibility index (Phi) is 3.23. The summed E-state index contributed by atoms with van der Waals surface area (Å²) in [4.78, 5) is 14.1. The lowest BCUT2D eigenvalue weighted by Crippen LogP contribution is -2.35. The number of nitrogens with zero attached hydrogens (tertiary/aromatic N) is 1. The fourth-order valence-electron chi connectivity index (χ4n) is 4.14. The number of carbonyl (C=O) groups is 1. The Bertz CT molecular complexity index is 742. The molecule has 2 unspecified atom stereocenters. The van der Waals surface area contributed by atoms with Crippen molar-refractivity contribution in [3.05, 3.63) is 70.2 Å². The highest BCUT2D eigenvalue weighted by Gasteiger charge is 2.44. The predicted octanol–water partition coefficient (Wildman–Crippen LogP) is 4.19. The van der Waals surface area contributed by atoms with Gasteiger partial charge in [-0.05, 0) is 35.2 Å². The fraction of sp³-hybridized carbons (Fsp3) is 0.316. The average Bonchev–Trinajstić information content (AvgIpc) is 2.82. The molecule has 112 valence electrons. The van der Waals surface area contributed by atoms with Crippen LogP contribution in [0.4, 0.5) is 0 Å². The molecule has 2 nitrogen and oxygen atoms in total. The van der Waals surface area contributed by atoms with E-state index in [0.717, 1.165) is 11.4 Å². The van der Waals surface area contributed by atoms with Crippen molar-refractivity contribution >= 4 is 17.5 Å². The standard InChI is InChI=1S/C19H18ClNO/c1-21-18-10-16(12-5-4-6-13(20)9-12)14-7-2-3-8-15(14)17(18)11-19(21)22/h2-9,16-18H,10-11H2,1H3/t16?,17?,18-/m0/s1. The van der Waals surface area contributed by atoms with E-state index in [0.29, 0.717) is 24.3 Å². The van der Waals surface area contributed by atoms with Gasteiger partial charge in [0.2, 0.25) is 5.91 Å². The molecular weight excluding hydrogens is 294 g/mol. The maximum Gasteiger partial charge on any atom is 0.223 e. The average molecular weight is 312 g/mol. The van der Waals surface area contributed by atoms with Crippen molar-refractivity contribution in [2.75, 3.05) is 7.05 Å². The summed E-state index contributed by atoms with van der Waals surface area (Å²) in [6.45, 7) is 0. The third kappa shape index (κ3) is 2.05. The molecule has 1 fully saturated rings. The second kappa shape index (κ2) is 5.13. The Balaban J connectivity index is 1.84. The number of rotatable bonds is 1. The van der Waals surface area contributed by atoms with E-state index < -0.39 is 0 Å². The smallest absolute Gasteiger partial charge is 0.223 e. The first-order valence-corrected chi connectivity index (χ1v) is 8.13. The molecule has 0 aromatic heterocycles. The number of hydrogen-bond donors (Lipinski definition) is 0. The van der Waals surface area contributed by atoms with Crippen molar-refractivity contribution in [3.63, 3.8) is 0 Å². The van der Waals surface area contributed by atoms with Crippen LogP contribution in [0.25, 0.3) is 0 Å². The zero-order chi connectivity index (χ0) is 15.3. The summed E-state index contributed by atoms with van der Waals surface area (Å²) in [7, 11) is 1.94. The zero-order valence-corrected chi connectivity index (χ0v) is 13.3. The Hall–Kier alpha value is -1.80. The quantitative estimate of drug-likeness (QED) is 0.773. The zero-order valence-electron chi connectivity index (χ0n) is 12.5. The molecule has 0 N–H and O–H groups in total. The second-order valence-corrected chi connectivity index (χ2v) is 6.79. The molecular formula is C19H18ClNO. The first-order chi connectivity index (χ1) is 10.6. The molecule has 0 bridgehead atoms. The fourth-order valence-corrected chi connectivity index (χ4v) is 4.33. The summed E-state index contributed by atoms with van der Waals surface area (Å²) in [5.41, 5.74) is 3.93. The molecule has 0 saturated carbocycles. The molecule has 0 radical (unpaired) electrons. The van der Waals surface area contributed by atoms with Crippen molar-refractivity contribution in [1.82, 2.24) is 4.90 Å². The number of likely N-dealkylation sites (N-methyl/N-ethyl adjacent to an activating group) is 1. The maximum atomic E-state index is 12.2. The minimum atomic E-state index is 0.261. The minimum absolute atomic E-state index is 0.261. The lowest BCUT2D eigenvalue weighted by molar-refractivity contribution is -0.127. The molecule has 2 aromatic rings. The molecule has 1 aliphatic carbocycles.